The predicted octanol–water partition coefficient (Wildman–Crippen LogP) is 3.96. The molecule has 0 bridgehead atoms. The smallest absolute Gasteiger partial charge is 0.138 e. The quantitative estimate of drug-likeness (QED) is 0.689. The van der Waals surface area contributed by atoms with E-state index in [0.29, 0.717) is 5.92 Å². The molecule has 0 unspecified atom stereocenters. The zero-order chi connectivity index (χ0) is 18.6. The van der Waals surface area contributed by atoms with Gasteiger partial charge < -0.3 is 4.74 Å². The van der Waals surface area contributed by atoms with Crippen LogP contribution in [0.3, 0.4) is 0 Å². The second-order valence-electron chi connectivity index (χ2n) is 7.19. The van der Waals surface area contributed by atoms with Crippen LogP contribution in [0.4, 0.5) is 0 Å². The molecule has 0 radical (unpaired) electrons. The number of ether oxygens (including phenoxy) is 1. The number of hydrogen-bond acceptors (Lipinski definition) is 4. The highest BCUT2D eigenvalue weighted by molar-refractivity contribution is 5.29. The fourth-order valence-corrected chi connectivity index (χ4v) is 3.85. The largest absolute Gasteiger partial charge is 0.497 e. The molecule has 0 spiro atoms. The van der Waals surface area contributed by atoms with Crippen molar-refractivity contribution in [3.05, 3.63) is 71.9 Å². The Hall–Kier alpha value is -2.66. The zero-order valence-electron chi connectivity index (χ0n) is 16.0. The van der Waals surface area contributed by atoms with Crippen LogP contribution in [0, 0.1) is 6.92 Å². The van der Waals surface area contributed by atoms with Gasteiger partial charge in [0, 0.05) is 37.1 Å². The van der Waals surface area contributed by atoms with Gasteiger partial charge >= 0.3 is 0 Å². The van der Waals surface area contributed by atoms with Crippen molar-refractivity contribution in [2.24, 2.45) is 0 Å². The molecule has 2 aromatic heterocycles. The van der Waals surface area contributed by atoms with Crippen LogP contribution in [0.25, 0.3) is 5.82 Å². The van der Waals surface area contributed by atoms with Gasteiger partial charge in [-0.1, -0.05) is 18.2 Å². The van der Waals surface area contributed by atoms with Gasteiger partial charge in [-0.05, 0) is 56.1 Å². The first-order valence-electron chi connectivity index (χ1n) is 9.55. The normalized spacial score (nSPS) is 17.8. The van der Waals surface area contributed by atoms with E-state index in [1.54, 1.807) is 7.11 Å². The summed E-state index contributed by atoms with van der Waals surface area (Å²) in [6, 6.07) is 14.7. The Kier molecular flexibility index (Phi) is 5.21. The van der Waals surface area contributed by atoms with Gasteiger partial charge in [-0.2, -0.15) is 0 Å². The molecule has 1 aromatic carbocycles. The van der Waals surface area contributed by atoms with Crippen molar-refractivity contribution in [3.63, 3.8) is 0 Å². The van der Waals surface area contributed by atoms with Crippen LogP contribution >= 0.6 is 0 Å². The topological polar surface area (TPSA) is 43.2 Å². The molecule has 1 fully saturated rings. The molecular weight excluding hydrogens is 336 g/mol. The van der Waals surface area contributed by atoms with Crippen LogP contribution in [-0.2, 0) is 6.54 Å². The second kappa shape index (κ2) is 7.92. The van der Waals surface area contributed by atoms with Crippen molar-refractivity contribution in [1.82, 2.24) is 19.4 Å². The lowest BCUT2D eigenvalue weighted by atomic mass is 9.94. The summed E-state index contributed by atoms with van der Waals surface area (Å²) in [5.41, 5.74) is 2.51. The molecule has 0 N–H and O–H groups in total. The number of likely N-dealkylation sites (tertiary alicyclic amines) is 1. The van der Waals surface area contributed by atoms with Crippen molar-refractivity contribution < 1.29 is 4.74 Å². The summed E-state index contributed by atoms with van der Waals surface area (Å²) < 4.78 is 7.30. The Bertz CT molecular complexity index is 887. The molecule has 140 valence electrons. The lowest BCUT2D eigenvalue weighted by Crippen LogP contribution is -2.34. The molecule has 1 saturated heterocycles. The van der Waals surface area contributed by atoms with Gasteiger partial charge in [0.25, 0.3) is 0 Å². The number of piperidine rings is 1. The minimum atomic E-state index is 0.473. The van der Waals surface area contributed by atoms with Crippen molar-refractivity contribution in [3.8, 4) is 11.6 Å². The number of methoxy groups -OCH3 is 1. The molecule has 27 heavy (non-hydrogen) atoms. The fourth-order valence-electron chi connectivity index (χ4n) is 3.85. The van der Waals surface area contributed by atoms with Gasteiger partial charge in [0.05, 0.1) is 7.11 Å². The number of aryl methyl sites for hydroxylation is 1. The first-order valence-corrected chi connectivity index (χ1v) is 9.55. The van der Waals surface area contributed by atoms with E-state index in [-0.39, 0.29) is 0 Å². The maximum atomic E-state index is 5.26. The Labute approximate surface area is 160 Å². The van der Waals surface area contributed by atoms with Crippen molar-refractivity contribution in [2.45, 2.75) is 32.2 Å². The highest BCUT2D eigenvalue weighted by Gasteiger charge is 2.22. The first kappa shape index (κ1) is 17.7. The van der Waals surface area contributed by atoms with Gasteiger partial charge in [0.1, 0.15) is 17.4 Å². The molecule has 0 saturated carbocycles. The molecule has 1 aliphatic heterocycles. The van der Waals surface area contributed by atoms with Crippen molar-refractivity contribution in [2.75, 3.05) is 20.2 Å². The molecule has 5 heteroatoms. The standard InChI is InChI=1S/C22H26N4O/c1-17-23-12-14-26(17)22-7-3-6-21(24-22)19-5-4-13-25(16-19)15-18-8-10-20(27-2)11-9-18/h3,6-12,14,19H,4-5,13,15-16H2,1-2H3/t19-/m0/s1. The van der Waals surface area contributed by atoms with E-state index >= 15 is 0 Å². The SMILES string of the molecule is COc1ccc(CN2CCC[C@H](c3cccc(-n4ccnc4C)n3)C2)cc1. The van der Waals surface area contributed by atoms with E-state index in [2.05, 4.69) is 40.2 Å². The average Bonchev–Trinajstić information content (AvgIpc) is 3.15. The molecule has 1 atom stereocenters. The molecule has 5 nitrogen and oxygen atoms in total. The molecule has 0 amide bonds. The summed E-state index contributed by atoms with van der Waals surface area (Å²) in [5.74, 6) is 3.30. The number of rotatable bonds is 5. The summed E-state index contributed by atoms with van der Waals surface area (Å²) in [4.78, 5) is 11.8. The van der Waals surface area contributed by atoms with Crippen LogP contribution in [0.15, 0.2) is 54.9 Å². The van der Waals surface area contributed by atoms with Gasteiger partial charge in [-0.15, -0.1) is 0 Å². The summed E-state index contributed by atoms with van der Waals surface area (Å²) in [6.45, 7) is 5.17. The molecule has 1 aliphatic rings. The van der Waals surface area contributed by atoms with Gasteiger partial charge in [-0.3, -0.25) is 9.47 Å². The summed E-state index contributed by atoms with van der Waals surface area (Å²) in [6.07, 6.45) is 6.19. The van der Waals surface area contributed by atoms with E-state index in [1.165, 1.54) is 24.1 Å². The maximum Gasteiger partial charge on any atom is 0.138 e. The van der Waals surface area contributed by atoms with E-state index < -0.39 is 0 Å². The van der Waals surface area contributed by atoms with Crippen LogP contribution < -0.4 is 4.74 Å². The van der Waals surface area contributed by atoms with E-state index in [1.807, 2.05) is 36.0 Å². The Balaban J connectivity index is 1.47. The number of hydrogen-bond donors (Lipinski definition) is 0. The molecule has 3 aromatic rings. The Morgan fingerprint density at radius 1 is 1.15 bits per heavy atom. The van der Waals surface area contributed by atoms with Gasteiger partial charge in [-0.25, -0.2) is 9.97 Å². The minimum Gasteiger partial charge on any atom is -0.497 e. The Morgan fingerprint density at radius 3 is 2.74 bits per heavy atom. The highest BCUT2D eigenvalue weighted by atomic mass is 16.5. The van der Waals surface area contributed by atoms with E-state index in [9.17, 15) is 0 Å². The lowest BCUT2D eigenvalue weighted by molar-refractivity contribution is 0.198. The molecule has 3 heterocycles. The summed E-state index contributed by atoms with van der Waals surface area (Å²) in [5, 5.41) is 0. The number of imidazole rings is 1. The Morgan fingerprint density at radius 2 is 2.00 bits per heavy atom. The molecule has 4 rings (SSSR count). The van der Waals surface area contributed by atoms with Crippen LogP contribution in [0.2, 0.25) is 0 Å². The third-order valence-corrected chi connectivity index (χ3v) is 5.32. The van der Waals surface area contributed by atoms with Crippen LogP contribution in [0.1, 0.15) is 35.8 Å². The monoisotopic (exact) mass is 362 g/mol. The minimum absolute atomic E-state index is 0.473. The number of aromatic nitrogens is 3. The van der Waals surface area contributed by atoms with E-state index in [0.717, 1.165) is 37.0 Å². The average molecular weight is 362 g/mol. The number of benzene rings is 1. The third-order valence-electron chi connectivity index (χ3n) is 5.32. The third kappa shape index (κ3) is 4.03. The highest BCUT2D eigenvalue weighted by Crippen LogP contribution is 2.27. The maximum absolute atomic E-state index is 5.26. The first-order chi connectivity index (χ1) is 13.2. The number of nitrogens with zero attached hydrogens (tertiary/aromatic N) is 4. The second-order valence-corrected chi connectivity index (χ2v) is 7.19. The molecule has 0 aliphatic carbocycles. The van der Waals surface area contributed by atoms with Gasteiger partial charge in [0.15, 0.2) is 0 Å². The zero-order valence-corrected chi connectivity index (χ0v) is 16.0. The molecular formula is C22H26N4O. The van der Waals surface area contributed by atoms with Crippen molar-refractivity contribution in [1.29, 1.82) is 0 Å². The van der Waals surface area contributed by atoms with E-state index in [4.69, 9.17) is 9.72 Å². The van der Waals surface area contributed by atoms with Gasteiger partial charge in [0.2, 0.25) is 0 Å². The van der Waals surface area contributed by atoms with Crippen molar-refractivity contribution >= 4 is 0 Å². The summed E-state index contributed by atoms with van der Waals surface area (Å²) >= 11 is 0. The predicted molar refractivity (Wildman–Crippen MR) is 106 cm³/mol. The lowest BCUT2D eigenvalue weighted by Gasteiger charge is -2.32. The van der Waals surface area contributed by atoms with Crippen LogP contribution in [-0.4, -0.2) is 39.6 Å². The fraction of sp³-hybridized carbons (Fsp3) is 0.364. The summed E-state index contributed by atoms with van der Waals surface area (Å²) in [7, 11) is 1.71. The van der Waals surface area contributed by atoms with Crippen LogP contribution in [0.5, 0.6) is 5.75 Å². The number of pyridine rings is 1.